The quantitative estimate of drug-likeness (QED) is 0.227. The first kappa shape index (κ1) is 21.8. The molecule has 0 aromatic rings. The standard InChI is InChI=1S/C14H27N5O5/c1-8(19-13(22)10(16)5-3-4-6-15)12(21)17-7-11(20)18-9(2)14(23)24/h8-10H,3-7,15-16H2,1-2H3,(H,17,21)(H,18,20)(H,19,22)(H,23,24). The zero-order valence-corrected chi connectivity index (χ0v) is 14.0. The van der Waals surface area contributed by atoms with E-state index in [1.54, 1.807) is 0 Å². The number of hydrogen-bond donors (Lipinski definition) is 6. The van der Waals surface area contributed by atoms with Crippen LogP contribution in [-0.4, -0.2) is 60.0 Å². The van der Waals surface area contributed by atoms with Gasteiger partial charge in [-0.05, 0) is 33.2 Å². The Kier molecular flexibility index (Phi) is 10.3. The maximum atomic E-state index is 11.8. The van der Waals surface area contributed by atoms with Crippen molar-refractivity contribution in [2.24, 2.45) is 11.5 Å². The van der Waals surface area contributed by atoms with Gasteiger partial charge in [-0.25, -0.2) is 0 Å². The first-order chi connectivity index (χ1) is 11.2. The summed E-state index contributed by atoms with van der Waals surface area (Å²) in [7, 11) is 0. The van der Waals surface area contributed by atoms with E-state index in [9.17, 15) is 19.2 Å². The number of nitrogens with one attached hydrogen (secondary N) is 3. The molecule has 0 aromatic heterocycles. The number of rotatable bonds is 11. The van der Waals surface area contributed by atoms with Gasteiger partial charge in [-0.15, -0.1) is 0 Å². The van der Waals surface area contributed by atoms with Gasteiger partial charge in [0.15, 0.2) is 0 Å². The van der Waals surface area contributed by atoms with Gasteiger partial charge in [0, 0.05) is 0 Å². The van der Waals surface area contributed by atoms with Gasteiger partial charge in [-0.2, -0.15) is 0 Å². The summed E-state index contributed by atoms with van der Waals surface area (Å²) in [6, 6.07) is -2.66. The van der Waals surface area contributed by atoms with Crippen LogP contribution < -0.4 is 27.4 Å². The van der Waals surface area contributed by atoms with Crippen LogP contribution in [0.3, 0.4) is 0 Å². The molecule has 0 aromatic carbocycles. The van der Waals surface area contributed by atoms with Crippen molar-refractivity contribution in [3.05, 3.63) is 0 Å². The predicted octanol–water partition coefficient (Wildman–Crippen LogP) is -2.35. The molecule has 3 atom stereocenters. The highest BCUT2D eigenvalue weighted by Crippen LogP contribution is 1.98. The number of nitrogens with two attached hydrogens (primary N) is 2. The van der Waals surface area contributed by atoms with Crippen molar-refractivity contribution in [3.63, 3.8) is 0 Å². The first-order valence-corrected chi connectivity index (χ1v) is 7.75. The second kappa shape index (κ2) is 11.4. The molecule has 3 amide bonds. The lowest BCUT2D eigenvalue weighted by atomic mass is 10.1. The van der Waals surface area contributed by atoms with Crippen LogP contribution in [0, 0.1) is 0 Å². The number of unbranched alkanes of at least 4 members (excludes halogenated alkanes) is 1. The van der Waals surface area contributed by atoms with Crippen LogP contribution in [0.1, 0.15) is 33.1 Å². The minimum atomic E-state index is -1.18. The van der Waals surface area contributed by atoms with Crippen LogP contribution in [0.4, 0.5) is 0 Å². The molecule has 0 saturated heterocycles. The molecule has 8 N–H and O–H groups in total. The Hall–Kier alpha value is -2.20. The molecule has 0 heterocycles. The molecule has 10 heteroatoms. The zero-order valence-electron chi connectivity index (χ0n) is 14.0. The maximum absolute atomic E-state index is 11.8. The van der Waals surface area contributed by atoms with E-state index in [0.717, 1.165) is 6.42 Å². The summed E-state index contributed by atoms with van der Waals surface area (Å²) in [5, 5.41) is 15.6. The molecule has 0 saturated carbocycles. The summed E-state index contributed by atoms with van der Waals surface area (Å²) in [4.78, 5) is 45.7. The fourth-order valence-electron chi connectivity index (χ4n) is 1.70. The second-order valence-corrected chi connectivity index (χ2v) is 5.47. The molecule has 3 unspecified atom stereocenters. The van der Waals surface area contributed by atoms with Crippen LogP contribution in [-0.2, 0) is 19.2 Å². The van der Waals surface area contributed by atoms with Crippen LogP contribution in [0.25, 0.3) is 0 Å². The minimum Gasteiger partial charge on any atom is -0.480 e. The van der Waals surface area contributed by atoms with Gasteiger partial charge in [0.25, 0.3) is 0 Å². The molecule has 138 valence electrons. The van der Waals surface area contributed by atoms with E-state index < -0.39 is 41.8 Å². The number of carboxylic acid groups (broad SMARTS) is 1. The lowest BCUT2D eigenvalue weighted by Gasteiger charge is -2.17. The highest BCUT2D eigenvalue weighted by atomic mass is 16.4. The van der Waals surface area contributed by atoms with Gasteiger partial charge in [0.05, 0.1) is 12.6 Å². The third-order valence-electron chi connectivity index (χ3n) is 3.23. The molecule has 0 radical (unpaired) electrons. The lowest BCUT2D eigenvalue weighted by molar-refractivity contribution is -0.141. The number of hydrogen-bond acceptors (Lipinski definition) is 6. The minimum absolute atomic E-state index is 0.390. The summed E-state index contributed by atoms with van der Waals surface area (Å²) >= 11 is 0. The first-order valence-electron chi connectivity index (χ1n) is 7.75. The van der Waals surface area contributed by atoms with Crippen molar-refractivity contribution in [2.45, 2.75) is 51.2 Å². The van der Waals surface area contributed by atoms with Gasteiger partial charge in [-0.3, -0.25) is 19.2 Å². The largest absolute Gasteiger partial charge is 0.480 e. The molecule has 24 heavy (non-hydrogen) atoms. The van der Waals surface area contributed by atoms with Crippen molar-refractivity contribution in [1.82, 2.24) is 16.0 Å². The molecule has 0 aliphatic heterocycles. The normalized spacial score (nSPS) is 14.2. The van der Waals surface area contributed by atoms with E-state index >= 15 is 0 Å². The average Bonchev–Trinajstić information content (AvgIpc) is 2.52. The number of carboxylic acids is 1. The van der Waals surface area contributed by atoms with Gasteiger partial charge in [0.1, 0.15) is 12.1 Å². The van der Waals surface area contributed by atoms with Gasteiger partial charge < -0.3 is 32.5 Å². The Morgan fingerprint density at radius 2 is 1.62 bits per heavy atom. The monoisotopic (exact) mass is 345 g/mol. The summed E-state index contributed by atoms with van der Waals surface area (Å²) in [6.45, 7) is 2.89. The Bertz CT molecular complexity index is 457. The lowest BCUT2D eigenvalue weighted by Crippen LogP contribution is -2.52. The maximum Gasteiger partial charge on any atom is 0.325 e. The number of carbonyl (C=O) groups is 4. The number of carbonyl (C=O) groups excluding carboxylic acids is 3. The number of amides is 3. The second-order valence-electron chi connectivity index (χ2n) is 5.47. The van der Waals surface area contributed by atoms with Crippen molar-refractivity contribution in [3.8, 4) is 0 Å². The van der Waals surface area contributed by atoms with E-state index in [1.165, 1.54) is 13.8 Å². The molecular formula is C14H27N5O5. The van der Waals surface area contributed by atoms with Gasteiger partial charge >= 0.3 is 5.97 Å². The predicted molar refractivity (Wildman–Crippen MR) is 86.7 cm³/mol. The average molecular weight is 345 g/mol. The van der Waals surface area contributed by atoms with Crippen molar-refractivity contribution < 1.29 is 24.3 Å². The smallest absolute Gasteiger partial charge is 0.325 e. The topological polar surface area (TPSA) is 177 Å². The highest BCUT2D eigenvalue weighted by molar-refractivity contribution is 5.92. The fourth-order valence-corrected chi connectivity index (χ4v) is 1.70. The van der Waals surface area contributed by atoms with Gasteiger partial charge in [-0.1, -0.05) is 6.42 Å². The molecule has 0 aliphatic rings. The molecule has 0 aliphatic carbocycles. The molecule has 0 fully saturated rings. The third-order valence-corrected chi connectivity index (χ3v) is 3.23. The molecule has 0 rings (SSSR count). The summed E-state index contributed by atoms with van der Waals surface area (Å²) in [5.74, 6) is -2.86. The third kappa shape index (κ3) is 9.06. The molecule has 0 bridgehead atoms. The van der Waals surface area contributed by atoms with E-state index in [-0.39, 0.29) is 6.54 Å². The Morgan fingerprint density at radius 1 is 1.00 bits per heavy atom. The van der Waals surface area contributed by atoms with Crippen LogP contribution in [0.15, 0.2) is 0 Å². The van der Waals surface area contributed by atoms with Crippen molar-refractivity contribution in [1.29, 1.82) is 0 Å². The van der Waals surface area contributed by atoms with Crippen molar-refractivity contribution >= 4 is 23.7 Å². The molecular weight excluding hydrogens is 318 g/mol. The zero-order chi connectivity index (χ0) is 18.7. The summed E-state index contributed by atoms with van der Waals surface area (Å²) in [6.07, 6.45) is 1.95. The van der Waals surface area contributed by atoms with Crippen molar-refractivity contribution in [2.75, 3.05) is 13.1 Å². The van der Waals surface area contributed by atoms with E-state index in [1.807, 2.05) is 0 Å². The van der Waals surface area contributed by atoms with E-state index in [2.05, 4.69) is 16.0 Å². The van der Waals surface area contributed by atoms with Gasteiger partial charge in [0.2, 0.25) is 17.7 Å². The highest BCUT2D eigenvalue weighted by Gasteiger charge is 2.20. The summed E-state index contributed by atoms with van der Waals surface area (Å²) in [5.41, 5.74) is 11.1. The van der Waals surface area contributed by atoms with Crippen LogP contribution in [0.2, 0.25) is 0 Å². The molecule has 0 spiro atoms. The Labute approximate surface area is 140 Å². The molecule has 10 nitrogen and oxygen atoms in total. The van der Waals surface area contributed by atoms with E-state index in [0.29, 0.717) is 19.4 Å². The fraction of sp³-hybridized carbons (Fsp3) is 0.714. The van der Waals surface area contributed by atoms with Crippen LogP contribution >= 0.6 is 0 Å². The Balaban J connectivity index is 4.16. The summed E-state index contributed by atoms with van der Waals surface area (Å²) < 4.78 is 0. The number of aliphatic carboxylic acids is 1. The van der Waals surface area contributed by atoms with Crippen LogP contribution in [0.5, 0.6) is 0 Å². The Morgan fingerprint density at radius 3 is 2.17 bits per heavy atom. The SMILES string of the molecule is CC(NC(=O)CNC(=O)C(C)NC(=O)C(N)CCCCN)C(=O)O. The van der Waals surface area contributed by atoms with E-state index in [4.69, 9.17) is 16.6 Å².